The van der Waals surface area contributed by atoms with Gasteiger partial charge in [-0.1, -0.05) is 78.9 Å². The van der Waals surface area contributed by atoms with E-state index in [0.29, 0.717) is 11.3 Å². The summed E-state index contributed by atoms with van der Waals surface area (Å²) in [5.41, 5.74) is 1.67. The molecule has 1 unspecified atom stereocenters. The van der Waals surface area contributed by atoms with Gasteiger partial charge in [0.2, 0.25) is 0 Å². The van der Waals surface area contributed by atoms with E-state index in [1.54, 1.807) is 51.1 Å². The van der Waals surface area contributed by atoms with E-state index in [1.807, 2.05) is 60.7 Å². The van der Waals surface area contributed by atoms with Crippen LogP contribution in [0.25, 0.3) is 0 Å². The van der Waals surface area contributed by atoms with Crippen LogP contribution in [0.4, 0.5) is 0 Å². The number of hydrogen-bond donors (Lipinski definition) is 0. The molecule has 158 valence electrons. The van der Waals surface area contributed by atoms with Crippen molar-refractivity contribution in [3.05, 3.63) is 108 Å². The number of aliphatic imine (C=N–C) groups is 1. The van der Waals surface area contributed by atoms with Gasteiger partial charge in [0.05, 0.1) is 11.3 Å². The predicted octanol–water partition coefficient (Wildman–Crippen LogP) is 5.05. The summed E-state index contributed by atoms with van der Waals surface area (Å²) in [5, 5.41) is 0. The van der Waals surface area contributed by atoms with Gasteiger partial charge in [-0.3, -0.25) is 0 Å². The number of carbonyl (C=O) groups excluding carboxylic acids is 2. The maximum atomic E-state index is 12.9. The van der Waals surface area contributed by atoms with Gasteiger partial charge in [-0.2, -0.15) is 0 Å². The van der Waals surface area contributed by atoms with Crippen LogP contribution in [-0.2, 0) is 14.3 Å². The molecule has 5 nitrogen and oxygen atoms in total. The van der Waals surface area contributed by atoms with Crippen molar-refractivity contribution in [1.82, 2.24) is 0 Å². The van der Waals surface area contributed by atoms with E-state index >= 15 is 0 Å². The molecule has 0 saturated heterocycles. The van der Waals surface area contributed by atoms with Crippen LogP contribution in [0.5, 0.6) is 0 Å². The van der Waals surface area contributed by atoms with E-state index < -0.39 is 23.8 Å². The second-order valence-corrected chi connectivity index (χ2v) is 7.87. The van der Waals surface area contributed by atoms with Gasteiger partial charge in [0.1, 0.15) is 5.60 Å². The van der Waals surface area contributed by atoms with Crippen LogP contribution in [0.2, 0.25) is 0 Å². The van der Waals surface area contributed by atoms with Gasteiger partial charge in [0.25, 0.3) is 6.23 Å². The summed E-state index contributed by atoms with van der Waals surface area (Å²) < 4.78 is 11.0. The van der Waals surface area contributed by atoms with Crippen LogP contribution in [0.3, 0.4) is 0 Å². The van der Waals surface area contributed by atoms with Gasteiger partial charge in [-0.05, 0) is 32.9 Å². The second kappa shape index (κ2) is 9.85. The summed E-state index contributed by atoms with van der Waals surface area (Å²) in [5.74, 6) is -1.39. The Labute approximate surface area is 182 Å². The fraction of sp³-hybridized carbons (Fsp3) is 0.192. The molecule has 0 aliphatic carbocycles. The number of esters is 2. The molecular weight excluding hydrogens is 390 g/mol. The van der Waals surface area contributed by atoms with Crippen LogP contribution in [-0.4, -0.2) is 29.5 Å². The standard InChI is InChI=1S/C26H25NO4/c1-26(2,3)31-25(29)23(30-24(28)21-17-11-6-12-18-21)27-22(19-13-7-4-8-14-19)20-15-9-5-10-16-20/h4-18,23H,1-3H3. The Balaban J connectivity index is 2.03. The van der Waals surface area contributed by atoms with Crippen LogP contribution in [0.1, 0.15) is 42.3 Å². The van der Waals surface area contributed by atoms with Crippen molar-refractivity contribution in [2.45, 2.75) is 32.6 Å². The first-order chi connectivity index (χ1) is 14.8. The van der Waals surface area contributed by atoms with E-state index in [2.05, 4.69) is 4.99 Å². The first kappa shape index (κ1) is 22.0. The van der Waals surface area contributed by atoms with Crippen LogP contribution >= 0.6 is 0 Å². The zero-order chi connectivity index (χ0) is 22.3. The summed E-state index contributed by atoms with van der Waals surface area (Å²) >= 11 is 0. The minimum absolute atomic E-state index is 0.326. The van der Waals surface area contributed by atoms with Crippen molar-refractivity contribution in [1.29, 1.82) is 0 Å². The van der Waals surface area contributed by atoms with E-state index in [-0.39, 0.29) is 0 Å². The molecule has 0 aliphatic rings. The molecule has 0 aromatic heterocycles. The van der Waals surface area contributed by atoms with Gasteiger partial charge in [-0.15, -0.1) is 0 Å². The van der Waals surface area contributed by atoms with Gasteiger partial charge < -0.3 is 9.47 Å². The Kier molecular flexibility index (Phi) is 6.98. The lowest BCUT2D eigenvalue weighted by Crippen LogP contribution is -2.34. The van der Waals surface area contributed by atoms with Crippen molar-refractivity contribution < 1.29 is 19.1 Å². The molecule has 0 fully saturated rings. The van der Waals surface area contributed by atoms with Gasteiger partial charge in [0.15, 0.2) is 0 Å². The van der Waals surface area contributed by atoms with Gasteiger partial charge in [0, 0.05) is 11.1 Å². The zero-order valence-electron chi connectivity index (χ0n) is 17.8. The summed E-state index contributed by atoms with van der Waals surface area (Å²) in [6.07, 6.45) is -1.46. The molecule has 0 heterocycles. The van der Waals surface area contributed by atoms with Crippen LogP contribution in [0, 0.1) is 0 Å². The molecule has 31 heavy (non-hydrogen) atoms. The molecule has 0 spiro atoms. The fourth-order valence-corrected chi connectivity index (χ4v) is 2.85. The second-order valence-electron chi connectivity index (χ2n) is 7.87. The minimum Gasteiger partial charge on any atom is -0.456 e. The Bertz CT molecular complexity index is 998. The Morgan fingerprint density at radius 2 is 1.13 bits per heavy atom. The lowest BCUT2D eigenvalue weighted by Gasteiger charge is -2.23. The highest BCUT2D eigenvalue weighted by molar-refractivity contribution is 6.13. The van der Waals surface area contributed by atoms with Gasteiger partial charge >= 0.3 is 11.9 Å². The molecule has 3 rings (SSSR count). The largest absolute Gasteiger partial charge is 0.456 e. The Morgan fingerprint density at radius 1 is 0.710 bits per heavy atom. The normalized spacial score (nSPS) is 11.8. The third-order valence-electron chi connectivity index (χ3n) is 4.18. The number of nitrogens with zero attached hydrogens (tertiary/aromatic N) is 1. The van der Waals surface area contributed by atoms with E-state index in [0.717, 1.165) is 11.1 Å². The lowest BCUT2D eigenvalue weighted by atomic mass is 10.0. The quantitative estimate of drug-likeness (QED) is 0.417. The molecule has 0 amide bonds. The number of benzene rings is 3. The van der Waals surface area contributed by atoms with E-state index in [9.17, 15) is 9.59 Å². The molecule has 0 saturated carbocycles. The fourth-order valence-electron chi connectivity index (χ4n) is 2.85. The maximum absolute atomic E-state index is 12.9. The van der Waals surface area contributed by atoms with Crippen molar-refractivity contribution in [3.8, 4) is 0 Å². The van der Waals surface area contributed by atoms with Crippen molar-refractivity contribution >= 4 is 17.7 Å². The summed E-state index contributed by atoms with van der Waals surface area (Å²) in [7, 11) is 0. The highest BCUT2D eigenvalue weighted by Gasteiger charge is 2.29. The molecule has 0 N–H and O–H groups in total. The molecule has 0 bridgehead atoms. The number of rotatable bonds is 6. The van der Waals surface area contributed by atoms with Crippen molar-refractivity contribution in [2.75, 3.05) is 0 Å². The molecule has 0 radical (unpaired) electrons. The van der Waals surface area contributed by atoms with Crippen LogP contribution < -0.4 is 0 Å². The summed E-state index contributed by atoms with van der Waals surface area (Å²) in [6, 6.07) is 27.3. The average molecular weight is 415 g/mol. The third-order valence-corrected chi connectivity index (χ3v) is 4.18. The maximum Gasteiger partial charge on any atom is 0.371 e. The smallest absolute Gasteiger partial charge is 0.371 e. The number of ether oxygens (including phenoxy) is 2. The zero-order valence-corrected chi connectivity index (χ0v) is 17.8. The first-order valence-electron chi connectivity index (χ1n) is 10.0. The highest BCUT2D eigenvalue weighted by atomic mass is 16.6. The summed E-state index contributed by atoms with van der Waals surface area (Å²) in [4.78, 5) is 30.2. The van der Waals surface area contributed by atoms with Crippen LogP contribution in [0.15, 0.2) is 96.0 Å². The molecular formula is C26H25NO4. The van der Waals surface area contributed by atoms with Crippen molar-refractivity contribution in [2.24, 2.45) is 4.99 Å². The summed E-state index contributed by atoms with van der Waals surface area (Å²) in [6.45, 7) is 5.25. The highest BCUT2D eigenvalue weighted by Crippen LogP contribution is 2.17. The van der Waals surface area contributed by atoms with Gasteiger partial charge in [-0.25, -0.2) is 14.6 Å². The predicted molar refractivity (Wildman–Crippen MR) is 120 cm³/mol. The Hall–Kier alpha value is -3.73. The number of hydrogen-bond acceptors (Lipinski definition) is 5. The van der Waals surface area contributed by atoms with Crippen molar-refractivity contribution in [3.63, 3.8) is 0 Å². The molecule has 3 aromatic rings. The Morgan fingerprint density at radius 3 is 1.55 bits per heavy atom. The molecule has 0 aliphatic heterocycles. The monoisotopic (exact) mass is 415 g/mol. The lowest BCUT2D eigenvalue weighted by molar-refractivity contribution is -0.164. The number of carbonyl (C=O) groups is 2. The third kappa shape index (κ3) is 6.37. The average Bonchev–Trinajstić information content (AvgIpc) is 2.77. The SMILES string of the molecule is CC(C)(C)OC(=O)C(N=C(c1ccccc1)c1ccccc1)OC(=O)c1ccccc1. The molecule has 3 aromatic carbocycles. The topological polar surface area (TPSA) is 65.0 Å². The van der Waals surface area contributed by atoms with E-state index in [4.69, 9.17) is 9.47 Å². The minimum atomic E-state index is -1.46. The molecule has 1 atom stereocenters. The van der Waals surface area contributed by atoms with E-state index in [1.165, 1.54) is 0 Å². The first-order valence-corrected chi connectivity index (χ1v) is 10.0. The molecule has 5 heteroatoms.